The van der Waals surface area contributed by atoms with Crippen LogP contribution in [-0.2, 0) is 6.54 Å². The number of rotatable bonds is 4. The average molecular weight is 414 g/mol. The van der Waals surface area contributed by atoms with Crippen molar-refractivity contribution in [1.29, 1.82) is 0 Å². The number of nitrogens with zero attached hydrogens (tertiary/aromatic N) is 1. The van der Waals surface area contributed by atoms with Gasteiger partial charge in [0.2, 0.25) is 0 Å². The molecule has 0 amide bonds. The molecule has 2 N–H and O–H groups in total. The van der Waals surface area contributed by atoms with Crippen LogP contribution in [0.1, 0.15) is 5.56 Å². The normalized spacial score (nSPS) is 15.3. The molecule has 2 aromatic rings. The van der Waals surface area contributed by atoms with E-state index in [-0.39, 0.29) is 0 Å². The molecule has 0 aliphatic heterocycles. The van der Waals surface area contributed by atoms with Crippen LogP contribution in [0.3, 0.4) is 0 Å². The van der Waals surface area contributed by atoms with E-state index in [0.717, 1.165) is 12.1 Å². The molecule has 0 aliphatic rings. The first-order valence-electron chi connectivity index (χ1n) is 6.26. The number of benzene rings is 2. The van der Waals surface area contributed by atoms with Crippen molar-refractivity contribution in [2.24, 2.45) is 5.73 Å². The second kappa shape index (κ2) is 6.89. The maximum absolute atomic E-state index is 6.40. The van der Waals surface area contributed by atoms with E-state index in [4.69, 9.17) is 5.73 Å². The molecule has 0 bridgehead atoms. The second-order valence-electron chi connectivity index (χ2n) is 4.59. The Balaban J connectivity index is 2.28. The van der Waals surface area contributed by atoms with Crippen LogP contribution in [0.15, 0.2) is 60.7 Å². The van der Waals surface area contributed by atoms with Gasteiger partial charge in [0.05, 0.1) is 0 Å². The Labute approximate surface area is 136 Å². The van der Waals surface area contributed by atoms with Crippen LogP contribution in [0.5, 0.6) is 0 Å². The zero-order valence-corrected chi connectivity index (χ0v) is 15.6. The molecule has 5 heteroatoms. The van der Waals surface area contributed by atoms with Crippen LogP contribution < -0.4 is 11.0 Å². The zero-order valence-electron chi connectivity index (χ0n) is 11.3. The molecule has 20 heavy (non-hydrogen) atoms. The molecule has 2 nitrogen and oxygen atoms in total. The summed E-state index contributed by atoms with van der Waals surface area (Å²) in [6.07, 6.45) is 0. The molecule has 1 radical (unpaired) electrons. The fraction of sp³-hybridized carbons (Fsp3) is 0.133. The molecule has 0 atom stereocenters. The van der Waals surface area contributed by atoms with E-state index >= 15 is 0 Å². The summed E-state index contributed by atoms with van der Waals surface area (Å²) in [4.78, 5) is 0. The van der Waals surface area contributed by atoms with E-state index in [0.29, 0.717) is 0 Å². The van der Waals surface area contributed by atoms with Crippen LogP contribution in [0.25, 0.3) is 0 Å². The summed E-state index contributed by atoms with van der Waals surface area (Å²) < 4.78 is 0.406. The molecule has 2 aromatic carbocycles. The summed E-state index contributed by atoms with van der Waals surface area (Å²) in [5.74, 6) is 0. The molecule has 0 heterocycles. The van der Waals surface area contributed by atoms with E-state index in [1.54, 1.807) is 0 Å². The van der Waals surface area contributed by atoms with E-state index in [1.807, 2.05) is 31.3 Å². The molecule has 0 saturated carbocycles. The van der Waals surface area contributed by atoms with Gasteiger partial charge < -0.3 is 0 Å². The maximum atomic E-state index is 6.40. The molecule has 0 spiro atoms. The molecular weight excluding hydrogens is 397 g/mol. The second-order valence-corrected chi connectivity index (χ2v) is 17.1. The summed E-state index contributed by atoms with van der Waals surface area (Å²) in [5.41, 5.74) is 8.54. The quantitative estimate of drug-likeness (QED) is 0.267. The minimum atomic E-state index is -1.71. The molecule has 103 valence electrons. The summed E-state index contributed by atoms with van der Waals surface area (Å²) in [6, 6.07) is 20.7. The Kier molecular flexibility index (Phi) is 5.43. The number of amidine groups is 1. The molecule has 0 aromatic heterocycles. The van der Waals surface area contributed by atoms with Gasteiger partial charge in [-0.05, 0) is 0 Å². The van der Waals surface area contributed by atoms with Gasteiger partial charge in [-0.25, -0.2) is 0 Å². The summed E-state index contributed by atoms with van der Waals surface area (Å²) in [6.45, 7) is 0.810. The first-order valence-corrected chi connectivity index (χ1v) is 12.5. The zero-order chi connectivity index (χ0) is 14.6. The Morgan fingerprint density at radius 1 is 1.10 bits per heavy atom. The third-order valence-corrected chi connectivity index (χ3v) is 9.98. The van der Waals surface area contributed by atoms with E-state index < -0.39 is 4.64 Å². The van der Waals surface area contributed by atoms with Crippen molar-refractivity contribution in [2.75, 3.05) is 7.05 Å². The van der Waals surface area contributed by atoms with Crippen molar-refractivity contribution in [3.8, 4) is 0 Å². The van der Waals surface area contributed by atoms with Gasteiger partial charge in [0, 0.05) is 0 Å². The Bertz CT molecular complexity index is 598. The molecule has 0 saturated heterocycles. The summed E-state index contributed by atoms with van der Waals surface area (Å²) >= 11 is 6.58. The van der Waals surface area contributed by atoms with Gasteiger partial charge in [-0.15, -0.1) is 0 Å². The Hall–Kier alpha value is -0.621. The Morgan fingerprint density at radius 3 is 2.15 bits per heavy atom. The third kappa shape index (κ3) is 3.72. The van der Waals surface area contributed by atoms with Gasteiger partial charge in [-0.2, -0.15) is 0 Å². The first kappa shape index (κ1) is 15.8. The first-order chi connectivity index (χ1) is 9.51. The topological polar surface area (TPSA) is 29.0 Å². The summed E-state index contributed by atoms with van der Waals surface area (Å²) in [5, 5.41) is 1.23. The Morgan fingerprint density at radius 2 is 1.60 bits per heavy atom. The van der Waals surface area contributed by atoms with Crippen molar-refractivity contribution < 1.29 is 4.58 Å². The van der Waals surface area contributed by atoms with Crippen LogP contribution >= 0.6 is 4.64 Å². The molecular formula is C15H17N2PSe2+. The minimum absolute atomic E-state index is 0.810. The van der Waals surface area contributed by atoms with Crippen molar-refractivity contribution in [3.63, 3.8) is 0 Å². The number of nitrogens with two attached hydrogens (primary N) is 1. The predicted octanol–water partition coefficient (Wildman–Crippen LogP) is 1.65. The van der Waals surface area contributed by atoms with Gasteiger partial charge in [0.25, 0.3) is 0 Å². The van der Waals surface area contributed by atoms with Crippen molar-refractivity contribution in [3.05, 3.63) is 66.2 Å². The fourth-order valence-corrected chi connectivity index (χ4v) is 6.56. The van der Waals surface area contributed by atoms with Gasteiger partial charge >= 0.3 is 137 Å². The third-order valence-electron chi connectivity index (χ3n) is 3.05. The number of hydrogen-bond acceptors (Lipinski definition) is 0. The van der Waals surface area contributed by atoms with Gasteiger partial charge in [-0.3, -0.25) is 0 Å². The van der Waals surface area contributed by atoms with Crippen LogP contribution in [-0.4, -0.2) is 48.3 Å². The standard InChI is InChI=1S/C15H16N2PSe2/c1-17(12-13-8-4-2-5-9-13)15(16)18(19,20)14-10-6-3-7-11-14/h2-11,16H,12H2,1H3/p+1. The fourth-order valence-electron chi connectivity index (χ4n) is 1.92. The predicted molar refractivity (Wildman–Crippen MR) is 90.0 cm³/mol. The monoisotopic (exact) mass is 416 g/mol. The van der Waals surface area contributed by atoms with Crippen molar-refractivity contribution in [1.82, 2.24) is 0 Å². The molecule has 0 aliphatic carbocycles. The SMILES string of the molecule is C[N+](Cc1ccccc1)=C(N)[P+]([Se])([Se-])c1ccccc1. The van der Waals surface area contributed by atoms with E-state index in [9.17, 15) is 0 Å². The van der Waals surface area contributed by atoms with Crippen molar-refractivity contribution in [2.45, 2.75) is 6.54 Å². The van der Waals surface area contributed by atoms with E-state index in [2.05, 4.69) is 72.1 Å². The molecule has 0 fully saturated rings. The van der Waals surface area contributed by atoms with Gasteiger partial charge in [-0.1, -0.05) is 0 Å². The molecule has 0 unspecified atom stereocenters. The number of hydrogen-bond donors (Lipinski definition) is 1. The van der Waals surface area contributed by atoms with Crippen LogP contribution in [0.2, 0.25) is 0 Å². The van der Waals surface area contributed by atoms with Crippen molar-refractivity contribution >= 4 is 46.7 Å². The molecule has 2 rings (SSSR count). The summed E-state index contributed by atoms with van der Waals surface area (Å²) in [7, 11) is 2.04. The van der Waals surface area contributed by atoms with Crippen LogP contribution in [0, 0.1) is 0 Å². The van der Waals surface area contributed by atoms with Gasteiger partial charge in [0.15, 0.2) is 0 Å². The van der Waals surface area contributed by atoms with Gasteiger partial charge in [0.1, 0.15) is 0 Å². The van der Waals surface area contributed by atoms with Crippen LogP contribution in [0.4, 0.5) is 0 Å². The average Bonchev–Trinajstić information content (AvgIpc) is 2.48. The van der Waals surface area contributed by atoms with E-state index in [1.165, 1.54) is 10.9 Å².